The maximum atomic E-state index is 13.7. The quantitative estimate of drug-likeness (QED) is 0.450. The molecule has 1 saturated heterocycles. The normalized spacial score (nSPS) is 22.8. The van der Waals surface area contributed by atoms with Crippen LogP contribution in [0.15, 0.2) is 48.5 Å². The Morgan fingerprint density at radius 3 is 2.32 bits per heavy atom. The Kier molecular flexibility index (Phi) is 6.75. The van der Waals surface area contributed by atoms with Crippen LogP contribution >= 0.6 is 11.6 Å². The van der Waals surface area contributed by atoms with Crippen LogP contribution in [0.4, 0.5) is 0 Å². The SMILES string of the molecule is COc1ccc(C(=O)[C@H](C)N(C(=O)c2ccccc2Cl)N2C(=O)[C@@H]3CC[C@@H](C)C[C@H]3C2=O)cc1. The zero-order valence-corrected chi connectivity index (χ0v) is 20.1. The largest absolute Gasteiger partial charge is 0.497 e. The van der Waals surface area contributed by atoms with Crippen LogP contribution in [0, 0.1) is 17.8 Å². The molecular formula is C26H27ClN2O5. The summed E-state index contributed by atoms with van der Waals surface area (Å²) in [6.07, 6.45) is 2.01. The number of rotatable bonds is 6. The molecule has 0 N–H and O–H groups in total. The molecule has 34 heavy (non-hydrogen) atoms. The molecule has 0 spiro atoms. The van der Waals surface area contributed by atoms with Crippen LogP contribution in [0.2, 0.25) is 5.02 Å². The van der Waals surface area contributed by atoms with Crippen molar-refractivity contribution in [1.82, 2.24) is 10.0 Å². The van der Waals surface area contributed by atoms with Crippen molar-refractivity contribution in [3.05, 3.63) is 64.7 Å². The topological polar surface area (TPSA) is 84.0 Å². The van der Waals surface area contributed by atoms with Gasteiger partial charge >= 0.3 is 0 Å². The van der Waals surface area contributed by atoms with Crippen molar-refractivity contribution in [3.63, 3.8) is 0 Å². The van der Waals surface area contributed by atoms with Gasteiger partial charge in [0.15, 0.2) is 5.78 Å². The average molecular weight is 483 g/mol. The Labute approximate surface area is 203 Å². The smallest absolute Gasteiger partial charge is 0.275 e. The number of halogens is 1. The van der Waals surface area contributed by atoms with Gasteiger partial charge in [-0.05, 0) is 68.5 Å². The van der Waals surface area contributed by atoms with Crippen molar-refractivity contribution in [1.29, 1.82) is 0 Å². The summed E-state index contributed by atoms with van der Waals surface area (Å²) in [6.45, 7) is 3.57. The van der Waals surface area contributed by atoms with Crippen molar-refractivity contribution in [2.24, 2.45) is 17.8 Å². The number of benzene rings is 2. The fourth-order valence-corrected chi connectivity index (χ4v) is 5.11. The van der Waals surface area contributed by atoms with Gasteiger partial charge in [-0.2, -0.15) is 5.01 Å². The number of ether oxygens (including phenoxy) is 1. The summed E-state index contributed by atoms with van der Waals surface area (Å²) in [7, 11) is 1.52. The lowest BCUT2D eigenvalue weighted by atomic mass is 9.76. The lowest BCUT2D eigenvalue weighted by Crippen LogP contribution is -2.56. The van der Waals surface area contributed by atoms with Gasteiger partial charge in [0.25, 0.3) is 17.7 Å². The second kappa shape index (κ2) is 9.58. The number of amides is 3. The Bertz CT molecular complexity index is 1130. The summed E-state index contributed by atoms with van der Waals surface area (Å²) in [4.78, 5) is 54.0. The first-order chi connectivity index (χ1) is 16.2. The molecule has 0 bridgehead atoms. The van der Waals surface area contributed by atoms with E-state index >= 15 is 0 Å². The lowest BCUT2D eigenvalue weighted by molar-refractivity contribution is -0.156. The van der Waals surface area contributed by atoms with Gasteiger partial charge in [0.05, 0.1) is 29.5 Å². The Morgan fingerprint density at radius 1 is 1.03 bits per heavy atom. The van der Waals surface area contributed by atoms with E-state index in [4.69, 9.17) is 16.3 Å². The summed E-state index contributed by atoms with van der Waals surface area (Å²) in [5.41, 5.74) is 0.442. The maximum Gasteiger partial charge on any atom is 0.275 e. The second-order valence-electron chi connectivity index (χ2n) is 9.02. The summed E-state index contributed by atoms with van der Waals surface area (Å²) in [5, 5.41) is 2.08. The molecule has 4 atom stereocenters. The van der Waals surface area contributed by atoms with Crippen LogP contribution in [0.1, 0.15) is 53.8 Å². The van der Waals surface area contributed by atoms with Crippen molar-refractivity contribution >= 4 is 35.1 Å². The summed E-state index contributed by atoms with van der Waals surface area (Å²) in [5.74, 6) is -2.02. The van der Waals surface area contributed by atoms with Crippen molar-refractivity contribution < 1.29 is 23.9 Å². The third-order valence-corrected chi connectivity index (χ3v) is 7.14. The Balaban J connectivity index is 1.75. The highest BCUT2D eigenvalue weighted by Gasteiger charge is 2.54. The van der Waals surface area contributed by atoms with E-state index in [1.165, 1.54) is 20.1 Å². The molecule has 1 heterocycles. The fraction of sp³-hybridized carbons (Fsp3) is 0.385. The molecule has 0 unspecified atom stereocenters. The molecule has 2 aromatic carbocycles. The van der Waals surface area contributed by atoms with Crippen molar-refractivity contribution in [2.75, 3.05) is 7.11 Å². The summed E-state index contributed by atoms with van der Waals surface area (Å²) >= 11 is 6.28. The molecule has 2 aliphatic rings. The minimum Gasteiger partial charge on any atom is -0.497 e. The van der Waals surface area contributed by atoms with Crippen LogP contribution < -0.4 is 4.74 Å². The average Bonchev–Trinajstić information content (AvgIpc) is 3.08. The number of hydrazine groups is 1. The molecule has 8 heteroatoms. The van der Waals surface area contributed by atoms with Gasteiger partial charge in [0.1, 0.15) is 11.8 Å². The molecule has 1 aliphatic heterocycles. The van der Waals surface area contributed by atoms with E-state index in [2.05, 4.69) is 6.92 Å². The van der Waals surface area contributed by atoms with Gasteiger partial charge in [0.2, 0.25) is 0 Å². The molecule has 0 aromatic heterocycles. The van der Waals surface area contributed by atoms with Gasteiger partial charge in [-0.3, -0.25) is 19.2 Å². The van der Waals surface area contributed by atoms with E-state index in [1.54, 1.807) is 42.5 Å². The predicted molar refractivity (Wildman–Crippen MR) is 126 cm³/mol. The predicted octanol–water partition coefficient (Wildman–Crippen LogP) is 4.40. The van der Waals surface area contributed by atoms with E-state index in [9.17, 15) is 19.2 Å². The summed E-state index contributed by atoms with van der Waals surface area (Å²) < 4.78 is 5.15. The van der Waals surface area contributed by atoms with Gasteiger partial charge in [0, 0.05) is 5.56 Å². The van der Waals surface area contributed by atoms with Gasteiger partial charge in [-0.1, -0.05) is 30.7 Å². The van der Waals surface area contributed by atoms with E-state index < -0.39 is 41.4 Å². The zero-order chi connectivity index (χ0) is 24.6. The molecule has 4 rings (SSSR count). The molecule has 2 fully saturated rings. The first-order valence-electron chi connectivity index (χ1n) is 11.4. The Morgan fingerprint density at radius 2 is 1.68 bits per heavy atom. The van der Waals surface area contributed by atoms with E-state index in [1.807, 2.05) is 0 Å². The number of methoxy groups -OCH3 is 1. The highest BCUT2D eigenvalue weighted by Crippen LogP contribution is 2.42. The highest BCUT2D eigenvalue weighted by molar-refractivity contribution is 6.34. The molecule has 0 radical (unpaired) electrons. The zero-order valence-electron chi connectivity index (χ0n) is 19.4. The molecular weight excluding hydrogens is 456 g/mol. The van der Waals surface area contributed by atoms with Crippen LogP contribution in [-0.2, 0) is 9.59 Å². The first-order valence-corrected chi connectivity index (χ1v) is 11.8. The third-order valence-electron chi connectivity index (χ3n) is 6.81. The minimum atomic E-state index is -1.12. The maximum absolute atomic E-state index is 13.7. The van der Waals surface area contributed by atoms with Crippen molar-refractivity contribution in [2.45, 2.75) is 39.2 Å². The van der Waals surface area contributed by atoms with Crippen LogP contribution in [0.3, 0.4) is 0 Å². The number of carbonyl (C=O) groups excluding carboxylic acids is 4. The Hall–Kier alpha value is -3.19. The number of Topliss-reactive ketones (excluding diaryl/α,β-unsaturated/α-hetero) is 1. The lowest BCUT2D eigenvalue weighted by Gasteiger charge is -2.35. The summed E-state index contributed by atoms with van der Waals surface area (Å²) in [6, 6.07) is 11.7. The van der Waals surface area contributed by atoms with Crippen LogP contribution in [0.25, 0.3) is 0 Å². The van der Waals surface area contributed by atoms with Gasteiger partial charge in [-0.15, -0.1) is 0 Å². The number of ketones is 1. The third kappa shape index (κ3) is 4.20. The van der Waals surface area contributed by atoms with E-state index in [-0.39, 0.29) is 10.6 Å². The first kappa shape index (κ1) is 24.0. The van der Waals surface area contributed by atoms with Crippen molar-refractivity contribution in [3.8, 4) is 5.75 Å². The number of hydrogen-bond acceptors (Lipinski definition) is 5. The molecule has 7 nitrogen and oxygen atoms in total. The second-order valence-corrected chi connectivity index (χ2v) is 9.42. The van der Waals surface area contributed by atoms with E-state index in [0.29, 0.717) is 30.1 Å². The molecule has 1 aliphatic carbocycles. The fourth-order valence-electron chi connectivity index (χ4n) is 4.89. The minimum absolute atomic E-state index is 0.113. The van der Waals surface area contributed by atoms with Crippen LogP contribution in [0.5, 0.6) is 5.75 Å². The number of hydrogen-bond donors (Lipinski definition) is 0. The standard InChI is InChI=1S/C26H27ClN2O5/c1-15-8-13-19-21(14-15)26(33)29(24(19)31)28(25(32)20-6-4-5-7-22(20)27)16(2)23(30)17-9-11-18(34-3)12-10-17/h4-7,9-12,15-16,19,21H,8,13-14H2,1-3H3/t15-,16+,19-,21-/m1/s1. The van der Waals surface area contributed by atoms with Gasteiger partial charge < -0.3 is 4.74 Å². The molecule has 3 amide bonds. The number of nitrogens with zero attached hydrogens (tertiary/aromatic N) is 2. The molecule has 2 aromatic rings. The highest BCUT2D eigenvalue weighted by atomic mass is 35.5. The van der Waals surface area contributed by atoms with Crippen LogP contribution in [-0.4, -0.2) is 46.7 Å². The number of imide groups is 1. The molecule has 178 valence electrons. The monoisotopic (exact) mass is 482 g/mol. The number of fused-ring (bicyclic) bond motifs is 1. The van der Waals surface area contributed by atoms with E-state index in [0.717, 1.165) is 16.4 Å². The van der Waals surface area contributed by atoms with Gasteiger partial charge in [-0.25, -0.2) is 5.01 Å². The number of carbonyl (C=O) groups is 4. The molecule has 1 saturated carbocycles.